The molecule has 0 N–H and O–H groups in total. The van der Waals surface area contributed by atoms with Gasteiger partial charge in [0, 0.05) is 23.8 Å². The van der Waals surface area contributed by atoms with Gasteiger partial charge in [-0.1, -0.05) is 12.1 Å². The second kappa shape index (κ2) is 4.43. The fourth-order valence-electron chi connectivity index (χ4n) is 3.45. The lowest BCUT2D eigenvalue weighted by Crippen LogP contribution is -2.16. The van der Waals surface area contributed by atoms with E-state index in [-0.39, 0.29) is 5.56 Å². The van der Waals surface area contributed by atoms with Crippen LogP contribution in [0.1, 0.15) is 17.0 Å². The van der Waals surface area contributed by atoms with Crippen molar-refractivity contribution in [2.24, 2.45) is 7.05 Å². The Morgan fingerprint density at radius 2 is 1.87 bits per heavy atom. The number of hydrogen-bond donors (Lipinski definition) is 0. The number of aromatic nitrogens is 3. The van der Waals surface area contributed by atoms with E-state index in [2.05, 4.69) is 11.1 Å². The second-order valence-electron chi connectivity index (χ2n) is 5.77. The standard InChI is InChI=1S/C18H14N4O/c1-10-8-12-16(11(2)20-10)13(9-19)17-21(3)14-6-4-5-7-15(14)22(17)18(12)23/h4-8H,1-3H3. The van der Waals surface area contributed by atoms with Gasteiger partial charge in [-0.3, -0.25) is 14.2 Å². The van der Waals surface area contributed by atoms with E-state index in [0.29, 0.717) is 27.7 Å². The van der Waals surface area contributed by atoms with Gasteiger partial charge in [0.05, 0.1) is 16.4 Å². The molecular weight excluding hydrogens is 288 g/mol. The molecule has 0 spiro atoms. The summed E-state index contributed by atoms with van der Waals surface area (Å²) in [5, 5.41) is 11.0. The smallest absolute Gasteiger partial charge is 0.264 e. The van der Waals surface area contributed by atoms with Crippen LogP contribution in [0.4, 0.5) is 0 Å². The highest BCUT2D eigenvalue weighted by atomic mass is 16.1. The molecule has 4 rings (SSSR count). The van der Waals surface area contributed by atoms with Gasteiger partial charge in [0.25, 0.3) is 5.56 Å². The van der Waals surface area contributed by atoms with Crippen molar-refractivity contribution in [1.82, 2.24) is 14.0 Å². The zero-order valence-corrected chi connectivity index (χ0v) is 13.1. The van der Waals surface area contributed by atoms with Crippen LogP contribution in [0.15, 0.2) is 35.1 Å². The van der Waals surface area contributed by atoms with Crippen LogP contribution in [0.2, 0.25) is 0 Å². The monoisotopic (exact) mass is 302 g/mol. The van der Waals surface area contributed by atoms with Crippen molar-refractivity contribution in [2.75, 3.05) is 0 Å². The molecule has 1 aromatic carbocycles. The molecule has 3 heterocycles. The van der Waals surface area contributed by atoms with Crippen LogP contribution < -0.4 is 5.56 Å². The Bertz CT molecular complexity index is 1220. The Morgan fingerprint density at radius 1 is 1.17 bits per heavy atom. The van der Waals surface area contributed by atoms with E-state index in [1.54, 1.807) is 10.5 Å². The second-order valence-corrected chi connectivity index (χ2v) is 5.77. The van der Waals surface area contributed by atoms with Gasteiger partial charge in [0.15, 0.2) is 0 Å². The van der Waals surface area contributed by atoms with Gasteiger partial charge in [-0.25, -0.2) is 0 Å². The number of para-hydroxylation sites is 2. The highest BCUT2D eigenvalue weighted by Crippen LogP contribution is 2.27. The van der Waals surface area contributed by atoms with Crippen LogP contribution in [-0.2, 0) is 7.05 Å². The van der Waals surface area contributed by atoms with Crippen molar-refractivity contribution < 1.29 is 0 Å². The van der Waals surface area contributed by atoms with Gasteiger partial charge in [0.2, 0.25) is 0 Å². The molecule has 0 fully saturated rings. The minimum absolute atomic E-state index is 0.112. The number of rotatable bonds is 0. The van der Waals surface area contributed by atoms with E-state index in [0.717, 1.165) is 16.7 Å². The molecule has 0 aliphatic rings. The maximum atomic E-state index is 13.1. The zero-order chi connectivity index (χ0) is 16.3. The Morgan fingerprint density at radius 3 is 2.57 bits per heavy atom. The largest absolute Gasteiger partial charge is 0.328 e. The SMILES string of the molecule is Cc1cc2c(=O)n3c4ccccc4n(C)c3c(C#N)c2c(C)n1. The number of imidazole rings is 1. The lowest BCUT2D eigenvalue weighted by Gasteiger charge is -2.08. The Labute approximate surface area is 132 Å². The minimum Gasteiger partial charge on any atom is -0.328 e. The summed E-state index contributed by atoms with van der Waals surface area (Å²) in [5.41, 5.74) is 4.19. The third-order valence-electron chi connectivity index (χ3n) is 4.36. The van der Waals surface area contributed by atoms with E-state index in [4.69, 9.17) is 0 Å². The van der Waals surface area contributed by atoms with Crippen molar-refractivity contribution in [1.29, 1.82) is 5.26 Å². The molecule has 23 heavy (non-hydrogen) atoms. The Kier molecular flexibility index (Phi) is 2.61. The lowest BCUT2D eigenvalue weighted by molar-refractivity contribution is 0.976. The molecular formula is C18H14N4O. The first kappa shape index (κ1) is 13.5. The molecule has 0 amide bonds. The normalized spacial score (nSPS) is 11.4. The quantitative estimate of drug-likeness (QED) is 0.502. The minimum atomic E-state index is -0.112. The summed E-state index contributed by atoms with van der Waals surface area (Å²) in [4.78, 5) is 17.5. The first-order chi connectivity index (χ1) is 11.0. The summed E-state index contributed by atoms with van der Waals surface area (Å²) in [6.45, 7) is 3.70. The van der Waals surface area contributed by atoms with Crippen molar-refractivity contribution in [3.05, 3.63) is 57.6 Å². The van der Waals surface area contributed by atoms with Gasteiger partial charge in [-0.2, -0.15) is 5.26 Å². The summed E-state index contributed by atoms with van der Waals surface area (Å²) >= 11 is 0. The summed E-state index contributed by atoms with van der Waals surface area (Å²) in [7, 11) is 1.88. The third-order valence-corrected chi connectivity index (χ3v) is 4.36. The van der Waals surface area contributed by atoms with Gasteiger partial charge in [-0.15, -0.1) is 0 Å². The fourth-order valence-corrected chi connectivity index (χ4v) is 3.45. The number of aryl methyl sites for hydroxylation is 3. The van der Waals surface area contributed by atoms with Crippen LogP contribution in [0.25, 0.3) is 27.5 Å². The lowest BCUT2D eigenvalue weighted by atomic mass is 10.1. The molecule has 0 saturated heterocycles. The maximum Gasteiger partial charge on any atom is 0.264 e. The van der Waals surface area contributed by atoms with Crippen LogP contribution in [0, 0.1) is 25.2 Å². The first-order valence-corrected chi connectivity index (χ1v) is 7.34. The molecule has 0 bridgehead atoms. The number of fused-ring (bicyclic) bond motifs is 4. The van der Waals surface area contributed by atoms with Gasteiger partial charge >= 0.3 is 0 Å². The molecule has 5 nitrogen and oxygen atoms in total. The van der Waals surface area contributed by atoms with E-state index < -0.39 is 0 Å². The molecule has 5 heteroatoms. The van der Waals surface area contributed by atoms with Crippen molar-refractivity contribution in [3.63, 3.8) is 0 Å². The van der Waals surface area contributed by atoms with Crippen LogP contribution in [-0.4, -0.2) is 14.0 Å². The zero-order valence-electron chi connectivity index (χ0n) is 13.1. The summed E-state index contributed by atoms with van der Waals surface area (Å²) in [5.74, 6) is 0. The average Bonchev–Trinajstić information content (AvgIpc) is 2.83. The highest BCUT2D eigenvalue weighted by molar-refractivity contribution is 5.97. The Hall–Kier alpha value is -3.13. The molecule has 0 unspecified atom stereocenters. The topological polar surface area (TPSA) is 63.1 Å². The van der Waals surface area contributed by atoms with Gasteiger partial charge < -0.3 is 4.57 Å². The van der Waals surface area contributed by atoms with Gasteiger partial charge in [0.1, 0.15) is 17.3 Å². The molecule has 0 aliphatic heterocycles. The van der Waals surface area contributed by atoms with Crippen LogP contribution in [0.3, 0.4) is 0 Å². The molecule has 4 aromatic rings. The molecule has 112 valence electrons. The predicted octanol–water partition coefficient (Wildman–Crippen LogP) is 2.83. The molecule has 0 aliphatic carbocycles. The van der Waals surface area contributed by atoms with E-state index in [9.17, 15) is 10.1 Å². The van der Waals surface area contributed by atoms with Crippen molar-refractivity contribution in [3.8, 4) is 6.07 Å². The number of benzene rings is 1. The molecule has 3 aromatic heterocycles. The summed E-state index contributed by atoms with van der Waals surface area (Å²) < 4.78 is 3.53. The average molecular weight is 302 g/mol. The summed E-state index contributed by atoms with van der Waals surface area (Å²) in [6, 6.07) is 11.7. The van der Waals surface area contributed by atoms with Crippen molar-refractivity contribution in [2.45, 2.75) is 13.8 Å². The summed E-state index contributed by atoms with van der Waals surface area (Å²) in [6.07, 6.45) is 0. The Balaban J connectivity index is 2.49. The highest BCUT2D eigenvalue weighted by Gasteiger charge is 2.19. The number of pyridine rings is 2. The molecule has 0 radical (unpaired) electrons. The first-order valence-electron chi connectivity index (χ1n) is 7.34. The third kappa shape index (κ3) is 1.60. The van der Waals surface area contributed by atoms with E-state index in [1.165, 1.54) is 0 Å². The number of nitrogens with zero attached hydrogens (tertiary/aromatic N) is 4. The van der Waals surface area contributed by atoms with Crippen molar-refractivity contribution >= 4 is 27.5 Å². The van der Waals surface area contributed by atoms with Crippen LogP contribution >= 0.6 is 0 Å². The maximum absolute atomic E-state index is 13.1. The fraction of sp³-hybridized carbons (Fsp3) is 0.167. The number of nitriles is 1. The van der Waals surface area contributed by atoms with Gasteiger partial charge in [-0.05, 0) is 32.0 Å². The molecule has 0 atom stereocenters. The number of hydrogen-bond acceptors (Lipinski definition) is 3. The van der Waals surface area contributed by atoms with E-state index in [1.807, 2.05) is 49.7 Å². The predicted molar refractivity (Wildman–Crippen MR) is 89.6 cm³/mol. The van der Waals surface area contributed by atoms with E-state index >= 15 is 0 Å². The van der Waals surface area contributed by atoms with Crippen LogP contribution in [0.5, 0.6) is 0 Å². The molecule has 0 saturated carbocycles.